The maximum atomic E-state index is 5.71. The van der Waals surface area contributed by atoms with Crippen LogP contribution in [0.3, 0.4) is 0 Å². The highest BCUT2D eigenvalue weighted by Gasteiger charge is 2.00. The van der Waals surface area contributed by atoms with E-state index in [0.717, 1.165) is 12.3 Å². The molecule has 0 amide bonds. The van der Waals surface area contributed by atoms with Gasteiger partial charge in [0.1, 0.15) is 0 Å². The predicted octanol–water partition coefficient (Wildman–Crippen LogP) is 4.69. The van der Waals surface area contributed by atoms with Crippen LogP contribution in [0, 0.1) is 0 Å². The molecule has 0 spiro atoms. The highest BCUT2D eigenvalue weighted by atomic mass is 35.5. The fourth-order valence-electron chi connectivity index (χ4n) is 2.00. The zero-order chi connectivity index (χ0) is 12.1. The van der Waals surface area contributed by atoms with Crippen molar-refractivity contribution in [1.29, 1.82) is 0 Å². The van der Waals surface area contributed by atoms with Crippen LogP contribution in [-0.4, -0.2) is 30.4 Å². The first-order chi connectivity index (χ1) is 7.85. The highest BCUT2D eigenvalue weighted by molar-refractivity contribution is 6.17. The summed E-state index contributed by atoms with van der Waals surface area (Å²) >= 11 is 5.71. The largest absolute Gasteiger partial charge is 0.304 e. The summed E-state index contributed by atoms with van der Waals surface area (Å²) in [6.45, 7) is 8.13. The second-order valence-electron chi connectivity index (χ2n) is 4.60. The maximum absolute atomic E-state index is 5.71. The first-order valence-electron chi connectivity index (χ1n) is 7.13. The molecule has 0 aliphatic carbocycles. The van der Waals surface area contributed by atoms with Gasteiger partial charge in [-0.2, -0.15) is 0 Å². The lowest BCUT2D eigenvalue weighted by atomic mass is 10.1. The Balaban J connectivity index is 3.20. The molecule has 0 aromatic heterocycles. The minimum atomic E-state index is 0.799. The van der Waals surface area contributed by atoms with E-state index in [4.69, 9.17) is 11.6 Å². The van der Waals surface area contributed by atoms with Crippen LogP contribution in [0.4, 0.5) is 0 Å². The van der Waals surface area contributed by atoms with Crippen LogP contribution in [-0.2, 0) is 0 Å². The minimum absolute atomic E-state index is 0.799. The Morgan fingerprint density at radius 3 is 1.88 bits per heavy atom. The molecule has 98 valence electrons. The van der Waals surface area contributed by atoms with Crippen LogP contribution in [0.5, 0.6) is 0 Å². The molecule has 0 rings (SSSR count). The van der Waals surface area contributed by atoms with Crippen molar-refractivity contribution in [2.75, 3.05) is 25.5 Å². The number of nitrogens with zero attached hydrogens (tertiary/aromatic N) is 1. The van der Waals surface area contributed by atoms with Gasteiger partial charge < -0.3 is 4.90 Å². The van der Waals surface area contributed by atoms with Crippen LogP contribution in [0.25, 0.3) is 0 Å². The Morgan fingerprint density at radius 2 is 1.31 bits per heavy atom. The normalized spacial score (nSPS) is 11.2. The van der Waals surface area contributed by atoms with Crippen molar-refractivity contribution in [2.24, 2.45) is 0 Å². The molecule has 0 aliphatic heterocycles. The molecule has 0 aromatic carbocycles. The lowest BCUT2D eigenvalue weighted by Crippen LogP contribution is -2.25. The lowest BCUT2D eigenvalue weighted by molar-refractivity contribution is 0.281. The fraction of sp³-hybridized carbons (Fsp3) is 1.00. The van der Waals surface area contributed by atoms with Crippen molar-refractivity contribution in [3.63, 3.8) is 0 Å². The van der Waals surface area contributed by atoms with Crippen molar-refractivity contribution in [2.45, 2.75) is 65.2 Å². The Bertz CT molecular complexity index is 128. The van der Waals surface area contributed by atoms with Gasteiger partial charge >= 0.3 is 0 Å². The third-order valence-corrected chi connectivity index (χ3v) is 3.40. The molecule has 16 heavy (non-hydrogen) atoms. The van der Waals surface area contributed by atoms with Gasteiger partial charge in [0.05, 0.1) is 0 Å². The summed E-state index contributed by atoms with van der Waals surface area (Å²) < 4.78 is 0. The van der Waals surface area contributed by atoms with E-state index in [9.17, 15) is 0 Å². The molecule has 0 saturated heterocycles. The summed E-state index contributed by atoms with van der Waals surface area (Å²) in [6.07, 6.45) is 10.9. The molecular weight excluding hydrogens is 218 g/mol. The highest BCUT2D eigenvalue weighted by Crippen LogP contribution is 2.07. The van der Waals surface area contributed by atoms with Crippen LogP contribution in [0.1, 0.15) is 65.2 Å². The smallest absolute Gasteiger partial charge is 0.0235 e. The van der Waals surface area contributed by atoms with E-state index in [1.807, 2.05) is 0 Å². The molecule has 0 fully saturated rings. The van der Waals surface area contributed by atoms with Crippen molar-refractivity contribution < 1.29 is 0 Å². The van der Waals surface area contributed by atoms with Crippen molar-refractivity contribution in [3.05, 3.63) is 0 Å². The molecule has 0 N–H and O–H groups in total. The van der Waals surface area contributed by atoms with Gasteiger partial charge in [-0.1, -0.05) is 52.4 Å². The van der Waals surface area contributed by atoms with Gasteiger partial charge in [-0.25, -0.2) is 0 Å². The van der Waals surface area contributed by atoms with Crippen LogP contribution >= 0.6 is 11.6 Å². The Morgan fingerprint density at radius 1 is 0.750 bits per heavy atom. The first kappa shape index (κ1) is 16.2. The van der Waals surface area contributed by atoms with Crippen molar-refractivity contribution in [1.82, 2.24) is 4.90 Å². The topological polar surface area (TPSA) is 3.24 Å². The zero-order valence-corrected chi connectivity index (χ0v) is 12.1. The summed E-state index contributed by atoms with van der Waals surface area (Å²) in [7, 11) is 0. The van der Waals surface area contributed by atoms with E-state index in [2.05, 4.69) is 18.7 Å². The average Bonchev–Trinajstić information content (AvgIpc) is 2.32. The SMILES string of the molecule is CCCCCCCCCN(CC)CCCCl. The molecule has 1 nitrogen and oxygen atoms in total. The molecule has 0 bridgehead atoms. The van der Waals surface area contributed by atoms with E-state index >= 15 is 0 Å². The van der Waals surface area contributed by atoms with Gasteiger partial charge in [0.2, 0.25) is 0 Å². The molecule has 0 heterocycles. The van der Waals surface area contributed by atoms with Gasteiger partial charge in [-0.05, 0) is 32.5 Å². The quantitative estimate of drug-likeness (QED) is 0.357. The third kappa shape index (κ3) is 10.8. The van der Waals surface area contributed by atoms with E-state index < -0.39 is 0 Å². The Labute approximate surface area is 108 Å². The summed E-state index contributed by atoms with van der Waals surface area (Å²) in [6, 6.07) is 0. The first-order valence-corrected chi connectivity index (χ1v) is 7.66. The molecule has 0 aliphatic rings. The van der Waals surface area contributed by atoms with Crippen molar-refractivity contribution in [3.8, 4) is 0 Å². The number of hydrogen-bond donors (Lipinski definition) is 0. The number of rotatable bonds is 12. The fourth-order valence-corrected chi connectivity index (χ4v) is 2.12. The van der Waals surface area contributed by atoms with Gasteiger partial charge in [-0.3, -0.25) is 0 Å². The second-order valence-corrected chi connectivity index (χ2v) is 4.98. The standard InChI is InChI=1S/C14H30ClN/c1-3-5-6-7-8-9-10-13-16(4-2)14-11-12-15/h3-14H2,1-2H3. The molecule has 2 heteroatoms. The number of unbranched alkanes of at least 4 members (excludes halogenated alkanes) is 6. The average molecular weight is 248 g/mol. The molecule has 0 aromatic rings. The lowest BCUT2D eigenvalue weighted by Gasteiger charge is -2.19. The zero-order valence-electron chi connectivity index (χ0n) is 11.3. The van der Waals surface area contributed by atoms with Gasteiger partial charge in [-0.15, -0.1) is 11.6 Å². The summed E-state index contributed by atoms with van der Waals surface area (Å²) in [5.41, 5.74) is 0. The minimum Gasteiger partial charge on any atom is -0.304 e. The molecule has 0 atom stereocenters. The van der Waals surface area contributed by atoms with E-state index in [0.29, 0.717) is 0 Å². The monoisotopic (exact) mass is 247 g/mol. The van der Waals surface area contributed by atoms with Gasteiger partial charge in [0.25, 0.3) is 0 Å². The summed E-state index contributed by atoms with van der Waals surface area (Å²) in [5.74, 6) is 0.799. The van der Waals surface area contributed by atoms with Crippen molar-refractivity contribution >= 4 is 11.6 Å². The van der Waals surface area contributed by atoms with E-state index in [-0.39, 0.29) is 0 Å². The Kier molecular flexibility index (Phi) is 13.5. The number of halogens is 1. The molecule has 0 saturated carbocycles. The number of alkyl halides is 1. The van der Waals surface area contributed by atoms with Gasteiger partial charge in [0.15, 0.2) is 0 Å². The molecule has 0 radical (unpaired) electrons. The summed E-state index contributed by atoms with van der Waals surface area (Å²) in [5, 5.41) is 0. The maximum Gasteiger partial charge on any atom is 0.0235 e. The molecular formula is C14H30ClN. The van der Waals surface area contributed by atoms with E-state index in [1.54, 1.807) is 0 Å². The van der Waals surface area contributed by atoms with Crippen LogP contribution in [0.2, 0.25) is 0 Å². The van der Waals surface area contributed by atoms with Crippen LogP contribution < -0.4 is 0 Å². The Hall–Kier alpha value is 0.250. The van der Waals surface area contributed by atoms with Gasteiger partial charge in [0, 0.05) is 5.88 Å². The predicted molar refractivity (Wildman–Crippen MR) is 75.4 cm³/mol. The van der Waals surface area contributed by atoms with E-state index in [1.165, 1.54) is 64.6 Å². The third-order valence-electron chi connectivity index (χ3n) is 3.13. The summed E-state index contributed by atoms with van der Waals surface area (Å²) in [4.78, 5) is 2.52. The van der Waals surface area contributed by atoms with Crippen LogP contribution in [0.15, 0.2) is 0 Å². The number of hydrogen-bond acceptors (Lipinski definition) is 1. The molecule has 0 unspecified atom stereocenters. The second kappa shape index (κ2) is 13.3.